The van der Waals surface area contributed by atoms with E-state index in [1.807, 2.05) is 35.8 Å². The molecule has 0 unspecified atom stereocenters. The van der Waals surface area contributed by atoms with Gasteiger partial charge in [-0.15, -0.1) is 10.2 Å². The Labute approximate surface area is 274 Å². The molecule has 1 aliphatic rings. The maximum absolute atomic E-state index is 10.5. The van der Waals surface area contributed by atoms with Crippen LogP contribution in [-0.4, -0.2) is 61.5 Å². The van der Waals surface area contributed by atoms with Gasteiger partial charge in [-0.25, -0.2) is 4.98 Å². The van der Waals surface area contributed by atoms with Crippen LogP contribution in [0.15, 0.2) is 77.7 Å². The van der Waals surface area contributed by atoms with Crippen molar-refractivity contribution in [1.29, 1.82) is 0 Å². The first-order valence-corrected chi connectivity index (χ1v) is 16.9. The number of aliphatic hydroxyl groups excluding tert-OH is 1. The van der Waals surface area contributed by atoms with Crippen molar-refractivity contribution in [1.82, 2.24) is 30.2 Å². The van der Waals surface area contributed by atoms with Gasteiger partial charge in [0.1, 0.15) is 5.82 Å². The Bertz CT molecular complexity index is 1750. The Morgan fingerprint density at radius 2 is 1.65 bits per heavy atom. The number of aromatic nitrogens is 6. The van der Waals surface area contributed by atoms with Gasteiger partial charge in [-0.1, -0.05) is 91.2 Å². The smallest absolute Gasteiger partial charge is 0.294 e. The molecule has 0 radical (unpaired) electrons. The number of halogens is 1. The zero-order chi connectivity index (χ0) is 32.9. The highest BCUT2D eigenvalue weighted by atomic mass is 35.5. The third kappa shape index (κ3) is 9.78. The van der Waals surface area contributed by atoms with Gasteiger partial charge in [0.05, 0.1) is 17.2 Å². The minimum atomic E-state index is -4.02. The van der Waals surface area contributed by atoms with Gasteiger partial charge in [0.2, 0.25) is 5.82 Å². The average molecular weight is 667 g/mol. The van der Waals surface area contributed by atoms with Gasteiger partial charge in [0.25, 0.3) is 10.1 Å². The van der Waals surface area contributed by atoms with Crippen LogP contribution >= 0.6 is 11.6 Å². The van der Waals surface area contributed by atoms with Crippen molar-refractivity contribution in [3.8, 4) is 22.5 Å². The number of aryl methyl sites for hydroxylation is 2. The summed E-state index contributed by atoms with van der Waals surface area (Å²) in [7, 11) is -4.02. The summed E-state index contributed by atoms with van der Waals surface area (Å²) < 4.78 is 36.5. The maximum atomic E-state index is 10.5. The standard InChI is InChI=1S/C22H23ClN6O.C7H8O3S.C4H8O/c1-2-3-8-20-24-21(23)19(14-30)29(20)13-15-9-11-16(12-10-15)17-6-4-5-7-18(17)22-25-27-28-26-22;1-6-2-4-7(5-3-6)11(8,9)10;1-2-4-5-3-1/h4-7,9-12,30H,2-3,8,13-14H2,1H3,(H,25,26,27,28);2-5H,1H3,(H,8,9,10);1-4H2. The van der Waals surface area contributed by atoms with Crippen molar-refractivity contribution < 1.29 is 22.8 Å². The van der Waals surface area contributed by atoms with Crippen LogP contribution in [0, 0.1) is 6.92 Å². The van der Waals surface area contributed by atoms with E-state index in [0.29, 0.717) is 23.2 Å². The first-order chi connectivity index (χ1) is 22.2. The van der Waals surface area contributed by atoms with Crippen LogP contribution in [0.2, 0.25) is 5.15 Å². The Kier molecular flexibility index (Phi) is 13.0. The first-order valence-electron chi connectivity index (χ1n) is 15.1. The normalized spacial score (nSPS) is 12.6. The number of ether oxygens (including phenoxy) is 1. The number of unbranched alkanes of at least 4 members (excludes halogenated alkanes) is 1. The molecule has 0 bridgehead atoms. The molecule has 0 saturated carbocycles. The topological polar surface area (TPSA) is 156 Å². The number of hydrogen-bond donors (Lipinski definition) is 3. The quantitative estimate of drug-likeness (QED) is 0.154. The second-order valence-electron chi connectivity index (χ2n) is 10.7. The summed E-state index contributed by atoms with van der Waals surface area (Å²) in [6.07, 6.45) is 5.50. The first kappa shape index (κ1) is 34.9. The van der Waals surface area contributed by atoms with Gasteiger partial charge in [-0.2, -0.15) is 13.6 Å². The summed E-state index contributed by atoms with van der Waals surface area (Å²) in [5, 5.41) is 24.5. The van der Waals surface area contributed by atoms with E-state index in [2.05, 4.69) is 56.8 Å². The number of aliphatic hydroxyl groups is 1. The van der Waals surface area contributed by atoms with Gasteiger partial charge in [-0.05, 0) is 60.2 Å². The second-order valence-corrected chi connectivity index (χ2v) is 12.5. The molecular weight excluding hydrogens is 628 g/mol. The molecule has 6 rings (SSSR count). The predicted octanol–water partition coefficient (Wildman–Crippen LogP) is 6.31. The molecule has 13 heteroatoms. The second kappa shape index (κ2) is 17.1. The van der Waals surface area contributed by atoms with Gasteiger partial charge in [0.15, 0.2) is 5.15 Å². The molecule has 3 aromatic carbocycles. The van der Waals surface area contributed by atoms with Crippen molar-refractivity contribution in [2.45, 2.75) is 64.0 Å². The van der Waals surface area contributed by atoms with Gasteiger partial charge in [-0.3, -0.25) is 4.55 Å². The van der Waals surface area contributed by atoms with Crippen molar-refractivity contribution in [2.75, 3.05) is 13.2 Å². The number of nitrogens with one attached hydrogen (secondary N) is 1. The molecule has 0 amide bonds. The lowest BCUT2D eigenvalue weighted by atomic mass is 9.98. The van der Waals surface area contributed by atoms with Crippen LogP contribution in [-0.2, 0) is 34.4 Å². The van der Waals surface area contributed by atoms with E-state index < -0.39 is 10.1 Å². The molecule has 0 aliphatic carbocycles. The fraction of sp³-hybridized carbons (Fsp3) is 0.333. The zero-order valence-corrected chi connectivity index (χ0v) is 27.5. The lowest BCUT2D eigenvalue weighted by Crippen LogP contribution is -2.09. The number of benzene rings is 3. The van der Waals surface area contributed by atoms with Crippen LogP contribution in [0.4, 0.5) is 0 Å². The number of nitrogens with zero attached hydrogens (tertiary/aromatic N) is 5. The van der Waals surface area contributed by atoms with Crippen LogP contribution in [0.25, 0.3) is 22.5 Å². The number of imidazole rings is 1. The van der Waals surface area contributed by atoms with Gasteiger partial charge in [0, 0.05) is 31.7 Å². The molecule has 1 saturated heterocycles. The third-order valence-corrected chi connectivity index (χ3v) is 8.44. The van der Waals surface area contributed by atoms with E-state index in [1.54, 1.807) is 12.1 Å². The van der Waals surface area contributed by atoms with Crippen molar-refractivity contribution in [2.24, 2.45) is 0 Å². The lowest BCUT2D eigenvalue weighted by molar-refractivity contribution is 0.198. The molecule has 244 valence electrons. The number of hydrogen-bond acceptors (Lipinski definition) is 8. The van der Waals surface area contributed by atoms with E-state index in [4.69, 9.17) is 20.9 Å². The molecule has 0 atom stereocenters. The van der Waals surface area contributed by atoms with Crippen molar-refractivity contribution in [3.63, 3.8) is 0 Å². The summed E-state index contributed by atoms with van der Waals surface area (Å²) in [5.74, 6) is 1.48. The fourth-order valence-corrected chi connectivity index (χ4v) is 5.51. The summed E-state index contributed by atoms with van der Waals surface area (Å²) in [6, 6.07) is 22.3. The van der Waals surface area contributed by atoms with Crippen LogP contribution in [0.3, 0.4) is 0 Å². The summed E-state index contributed by atoms with van der Waals surface area (Å²) >= 11 is 6.26. The van der Waals surface area contributed by atoms with Gasteiger partial charge < -0.3 is 14.4 Å². The minimum absolute atomic E-state index is 0.0666. The van der Waals surface area contributed by atoms with E-state index in [-0.39, 0.29) is 11.5 Å². The van der Waals surface area contributed by atoms with Crippen molar-refractivity contribution in [3.05, 3.63) is 101 Å². The molecule has 1 fully saturated rings. The SMILES string of the molecule is C1CCOC1.CCCCc1nc(Cl)c(CO)n1Cc1ccc(-c2ccccc2-c2nn[nH]n2)cc1.Cc1ccc(S(=O)(=O)O)cc1. The molecule has 2 aromatic heterocycles. The molecular formula is C33H39ClN6O5S. The fourth-order valence-electron chi connectivity index (χ4n) is 4.77. The molecule has 46 heavy (non-hydrogen) atoms. The number of H-pyrrole nitrogens is 1. The van der Waals surface area contributed by atoms with Crippen LogP contribution < -0.4 is 0 Å². The maximum Gasteiger partial charge on any atom is 0.294 e. The highest BCUT2D eigenvalue weighted by molar-refractivity contribution is 7.85. The molecule has 0 spiro atoms. The van der Waals surface area contributed by atoms with E-state index in [0.717, 1.165) is 66.1 Å². The lowest BCUT2D eigenvalue weighted by Gasteiger charge is -2.12. The average Bonchev–Trinajstić information content (AvgIpc) is 3.85. The van der Waals surface area contributed by atoms with Gasteiger partial charge >= 0.3 is 0 Å². The Morgan fingerprint density at radius 3 is 2.20 bits per heavy atom. The summed E-state index contributed by atoms with van der Waals surface area (Å²) in [4.78, 5) is 4.40. The molecule has 3 N–H and O–H groups in total. The summed E-state index contributed by atoms with van der Waals surface area (Å²) in [5.41, 5.74) is 5.75. The monoisotopic (exact) mass is 666 g/mol. The zero-order valence-electron chi connectivity index (χ0n) is 25.9. The minimum Gasteiger partial charge on any atom is -0.390 e. The van der Waals surface area contributed by atoms with E-state index in [1.165, 1.54) is 25.0 Å². The molecule has 3 heterocycles. The molecule has 5 aromatic rings. The van der Waals surface area contributed by atoms with E-state index >= 15 is 0 Å². The number of tetrazole rings is 1. The number of aromatic amines is 1. The largest absolute Gasteiger partial charge is 0.390 e. The third-order valence-electron chi connectivity index (χ3n) is 7.27. The Morgan fingerprint density at radius 1 is 0.978 bits per heavy atom. The van der Waals surface area contributed by atoms with Crippen molar-refractivity contribution >= 4 is 21.7 Å². The molecule has 1 aliphatic heterocycles. The van der Waals surface area contributed by atoms with E-state index in [9.17, 15) is 13.5 Å². The van der Waals surface area contributed by atoms with Crippen LogP contribution in [0.1, 0.15) is 55.3 Å². The summed E-state index contributed by atoms with van der Waals surface area (Å²) in [6.45, 7) is 6.47. The number of rotatable bonds is 9. The Hall–Kier alpha value is -3.94. The predicted molar refractivity (Wildman–Crippen MR) is 177 cm³/mol. The Balaban J connectivity index is 0.000000245. The van der Waals surface area contributed by atoms with Crippen LogP contribution in [0.5, 0.6) is 0 Å². The highest BCUT2D eigenvalue weighted by Crippen LogP contribution is 2.30. The highest BCUT2D eigenvalue weighted by Gasteiger charge is 2.16. The molecule has 11 nitrogen and oxygen atoms in total.